The molecule has 4 N–H and O–H groups in total. The highest BCUT2D eigenvalue weighted by Gasteiger charge is 2.11. The lowest BCUT2D eigenvalue weighted by molar-refractivity contribution is 0.586. The molecule has 18 heavy (non-hydrogen) atoms. The number of nitrogens with one attached hydrogen (secondary N) is 2. The standard InChI is InChI=1S/C10H14BrN3O2S2/c1-2-5-13-18(15,16)14-9-4-3-7(10(12)17)6-8(9)11/h3-4,6,13-14H,2,5H2,1H3,(H2,12,17). The number of hydrogen-bond acceptors (Lipinski definition) is 3. The molecule has 1 rings (SSSR count). The molecule has 0 aliphatic carbocycles. The summed E-state index contributed by atoms with van der Waals surface area (Å²) in [6, 6.07) is 4.93. The molecule has 5 nitrogen and oxygen atoms in total. The van der Waals surface area contributed by atoms with E-state index in [4.69, 9.17) is 18.0 Å². The van der Waals surface area contributed by atoms with Crippen LogP contribution in [-0.4, -0.2) is 20.0 Å². The Balaban J connectivity index is 2.89. The third-order valence-corrected chi connectivity index (χ3v) is 4.00. The van der Waals surface area contributed by atoms with Gasteiger partial charge in [-0.3, -0.25) is 4.72 Å². The van der Waals surface area contributed by atoms with Gasteiger partial charge in [0.1, 0.15) is 4.99 Å². The first-order valence-corrected chi connectivity index (χ1v) is 7.91. The summed E-state index contributed by atoms with van der Waals surface area (Å²) in [5.41, 5.74) is 6.58. The molecule has 0 heterocycles. The van der Waals surface area contributed by atoms with Gasteiger partial charge in [0.05, 0.1) is 5.69 Å². The van der Waals surface area contributed by atoms with Gasteiger partial charge in [0.25, 0.3) is 10.2 Å². The second-order valence-corrected chi connectivity index (χ2v) is 6.35. The van der Waals surface area contributed by atoms with Crippen molar-refractivity contribution in [3.8, 4) is 0 Å². The van der Waals surface area contributed by atoms with Crippen molar-refractivity contribution in [1.29, 1.82) is 0 Å². The van der Waals surface area contributed by atoms with Gasteiger partial charge >= 0.3 is 0 Å². The van der Waals surface area contributed by atoms with Crippen LogP contribution in [0.4, 0.5) is 5.69 Å². The summed E-state index contributed by atoms with van der Waals surface area (Å²) in [6.45, 7) is 2.27. The molecule has 0 unspecified atom stereocenters. The van der Waals surface area contributed by atoms with Gasteiger partial charge < -0.3 is 5.73 Å². The molecule has 0 fully saturated rings. The number of nitrogens with two attached hydrogens (primary N) is 1. The zero-order chi connectivity index (χ0) is 13.8. The molecule has 0 spiro atoms. The fourth-order valence-corrected chi connectivity index (χ4v) is 2.92. The monoisotopic (exact) mass is 351 g/mol. The van der Waals surface area contributed by atoms with Crippen molar-refractivity contribution < 1.29 is 8.42 Å². The molecular formula is C10H14BrN3O2S2. The van der Waals surface area contributed by atoms with Gasteiger partial charge in [-0.15, -0.1) is 0 Å². The SMILES string of the molecule is CCCNS(=O)(=O)Nc1ccc(C(N)=S)cc1Br. The Morgan fingerprint density at radius 3 is 2.67 bits per heavy atom. The first-order chi connectivity index (χ1) is 8.35. The number of hydrogen-bond donors (Lipinski definition) is 3. The van der Waals surface area contributed by atoms with Crippen LogP contribution in [0.5, 0.6) is 0 Å². The lowest BCUT2D eigenvalue weighted by Crippen LogP contribution is -2.30. The van der Waals surface area contributed by atoms with Crippen molar-refractivity contribution in [1.82, 2.24) is 4.72 Å². The van der Waals surface area contributed by atoms with E-state index in [1.807, 2.05) is 6.92 Å². The van der Waals surface area contributed by atoms with Gasteiger partial charge in [0.2, 0.25) is 0 Å². The maximum absolute atomic E-state index is 11.6. The maximum Gasteiger partial charge on any atom is 0.299 e. The lowest BCUT2D eigenvalue weighted by atomic mass is 10.2. The zero-order valence-electron chi connectivity index (χ0n) is 9.73. The van der Waals surface area contributed by atoms with E-state index in [0.717, 1.165) is 6.42 Å². The second kappa shape index (κ2) is 6.46. The first-order valence-electron chi connectivity index (χ1n) is 5.22. The second-order valence-electron chi connectivity index (χ2n) is 3.56. The van der Waals surface area contributed by atoms with Crippen molar-refractivity contribution in [2.24, 2.45) is 5.73 Å². The zero-order valence-corrected chi connectivity index (χ0v) is 13.0. The molecule has 100 valence electrons. The van der Waals surface area contributed by atoms with Crippen molar-refractivity contribution >= 4 is 49.0 Å². The van der Waals surface area contributed by atoms with Gasteiger partial charge in [0, 0.05) is 16.6 Å². The topological polar surface area (TPSA) is 84.2 Å². The van der Waals surface area contributed by atoms with Crippen molar-refractivity contribution in [2.75, 3.05) is 11.3 Å². The highest BCUT2D eigenvalue weighted by Crippen LogP contribution is 2.24. The average molecular weight is 352 g/mol. The highest BCUT2D eigenvalue weighted by atomic mass is 79.9. The van der Waals surface area contributed by atoms with E-state index in [0.29, 0.717) is 22.3 Å². The third kappa shape index (κ3) is 4.52. The number of thiocarbonyl (C=S) groups is 1. The maximum atomic E-state index is 11.6. The average Bonchev–Trinajstić information content (AvgIpc) is 2.29. The van der Waals surface area contributed by atoms with Crippen LogP contribution in [0, 0.1) is 0 Å². The van der Waals surface area contributed by atoms with Gasteiger partial charge in [-0.25, -0.2) is 0 Å². The molecule has 0 saturated carbocycles. The van der Waals surface area contributed by atoms with E-state index in [-0.39, 0.29) is 4.99 Å². The Hall–Kier alpha value is -0.700. The number of benzene rings is 1. The van der Waals surface area contributed by atoms with Crippen LogP contribution in [0.3, 0.4) is 0 Å². The van der Waals surface area contributed by atoms with Crippen LogP contribution in [0.2, 0.25) is 0 Å². The predicted molar refractivity (Wildman–Crippen MR) is 80.9 cm³/mol. The Labute approximate surface area is 120 Å². The fourth-order valence-electron chi connectivity index (χ4n) is 1.17. The van der Waals surface area contributed by atoms with Crippen molar-refractivity contribution in [2.45, 2.75) is 13.3 Å². The van der Waals surface area contributed by atoms with Gasteiger partial charge in [-0.1, -0.05) is 19.1 Å². The summed E-state index contributed by atoms with van der Waals surface area (Å²) in [4.78, 5) is 0.259. The van der Waals surface area contributed by atoms with Crippen LogP contribution < -0.4 is 15.2 Å². The third-order valence-electron chi connectivity index (χ3n) is 2.04. The first kappa shape index (κ1) is 15.4. The quantitative estimate of drug-likeness (QED) is 0.681. The highest BCUT2D eigenvalue weighted by molar-refractivity contribution is 9.10. The van der Waals surface area contributed by atoms with Crippen LogP contribution >= 0.6 is 28.1 Å². The van der Waals surface area contributed by atoms with Crippen molar-refractivity contribution in [3.05, 3.63) is 28.2 Å². The summed E-state index contributed by atoms with van der Waals surface area (Å²) in [7, 11) is -3.55. The van der Waals surface area contributed by atoms with Crippen LogP contribution in [0.25, 0.3) is 0 Å². The Kier molecular flexibility index (Phi) is 5.51. The Morgan fingerprint density at radius 1 is 1.50 bits per heavy atom. The molecule has 0 amide bonds. The van der Waals surface area contributed by atoms with Crippen LogP contribution in [0.1, 0.15) is 18.9 Å². The van der Waals surface area contributed by atoms with Crippen LogP contribution in [0.15, 0.2) is 22.7 Å². The molecule has 0 aromatic heterocycles. The minimum atomic E-state index is -3.55. The van der Waals surface area contributed by atoms with E-state index in [1.54, 1.807) is 18.2 Å². The molecule has 0 bridgehead atoms. The molecule has 0 atom stereocenters. The smallest absolute Gasteiger partial charge is 0.299 e. The minimum Gasteiger partial charge on any atom is -0.389 e. The van der Waals surface area contributed by atoms with E-state index in [9.17, 15) is 8.42 Å². The lowest BCUT2D eigenvalue weighted by Gasteiger charge is -2.11. The molecule has 1 aromatic rings. The number of halogens is 1. The van der Waals surface area contributed by atoms with Gasteiger partial charge in [0.15, 0.2) is 0 Å². The van der Waals surface area contributed by atoms with Gasteiger partial charge in [-0.05, 0) is 40.5 Å². The largest absolute Gasteiger partial charge is 0.389 e. The summed E-state index contributed by atoms with van der Waals surface area (Å²) in [6.07, 6.45) is 0.725. The number of anilines is 1. The molecule has 0 aliphatic rings. The summed E-state index contributed by atoms with van der Waals surface area (Å²) >= 11 is 8.10. The Bertz CT molecular complexity index is 546. The molecule has 1 aromatic carbocycles. The molecule has 0 radical (unpaired) electrons. The molecule has 0 aliphatic heterocycles. The van der Waals surface area contributed by atoms with Crippen LogP contribution in [-0.2, 0) is 10.2 Å². The van der Waals surface area contributed by atoms with Gasteiger partial charge in [-0.2, -0.15) is 13.1 Å². The Morgan fingerprint density at radius 2 is 2.17 bits per heavy atom. The summed E-state index contributed by atoms with van der Waals surface area (Å²) < 4.78 is 28.7. The number of rotatable bonds is 6. The minimum absolute atomic E-state index is 0.259. The van der Waals surface area contributed by atoms with E-state index in [1.165, 1.54) is 0 Å². The molecular weight excluding hydrogens is 338 g/mol. The predicted octanol–water partition coefficient (Wildman–Crippen LogP) is 1.74. The van der Waals surface area contributed by atoms with E-state index in [2.05, 4.69) is 25.4 Å². The molecule has 0 saturated heterocycles. The normalized spacial score (nSPS) is 11.2. The summed E-state index contributed by atoms with van der Waals surface area (Å²) in [5, 5.41) is 0. The van der Waals surface area contributed by atoms with E-state index < -0.39 is 10.2 Å². The van der Waals surface area contributed by atoms with Crippen molar-refractivity contribution in [3.63, 3.8) is 0 Å². The fraction of sp³-hybridized carbons (Fsp3) is 0.300. The van der Waals surface area contributed by atoms with E-state index >= 15 is 0 Å². The summed E-state index contributed by atoms with van der Waals surface area (Å²) in [5.74, 6) is 0. The molecule has 8 heteroatoms.